The fourth-order valence-electron chi connectivity index (χ4n) is 9.14. The maximum atomic E-state index is 13.6. The van der Waals surface area contributed by atoms with Gasteiger partial charge in [-0.15, -0.1) is 35.1 Å². The Balaban J connectivity index is 0.000000249. The highest BCUT2D eigenvalue weighted by atomic mass is 35.5. The molecule has 2 heterocycles. The van der Waals surface area contributed by atoms with Crippen molar-refractivity contribution in [2.24, 2.45) is 5.73 Å². The molecule has 16 nitrogen and oxygen atoms in total. The van der Waals surface area contributed by atoms with E-state index in [0.29, 0.717) is 17.5 Å². The van der Waals surface area contributed by atoms with E-state index in [1.807, 2.05) is 0 Å². The van der Waals surface area contributed by atoms with Gasteiger partial charge in [-0.05, 0) is 89.8 Å². The minimum Gasteiger partial charge on any atom is -0.481 e. The Morgan fingerprint density at radius 2 is 0.764 bits per heavy atom. The number of aliphatic carboxylic acids is 1. The predicted molar refractivity (Wildman–Crippen MR) is 391 cm³/mol. The summed E-state index contributed by atoms with van der Waals surface area (Å²) in [5.41, 5.74) is 1.86. The van der Waals surface area contributed by atoms with Gasteiger partial charge in [-0.1, -0.05) is 60.7 Å². The molecule has 0 aliphatic rings. The summed E-state index contributed by atoms with van der Waals surface area (Å²) in [5, 5.41) is 10.5. The lowest BCUT2D eigenvalue weighted by Crippen LogP contribution is -2.28. The Morgan fingerprint density at radius 3 is 1.08 bits per heavy atom. The Morgan fingerprint density at radius 1 is 0.449 bits per heavy atom. The third-order valence-corrected chi connectivity index (χ3v) is 26.1. The number of hydrogen-bond acceptors (Lipinski definition) is 21. The molecule has 0 aliphatic heterocycles. The van der Waals surface area contributed by atoms with Crippen molar-refractivity contribution in [3.63, 3.8) is 0 Å². The molecule has 0 spiro atoms. The molecule has 30 heteroatoms. The molecule has 8 aromatic carbocycles. The first kappa shape index (κ1) is 74.1. The number of Topliss-reactive ketones (excluding diaryl/α,β-unsaturated/α-hetero) is 1. The summed E-state index contributed by atoms with van der Waals surface area (Å²) in [4.78, 5) is 151. The number of rotatable bonds is 10. The van der Waals surface area contributed by atoms with Crippen LogP contribution in [0, 0.1) is 0 Å². The van der Waals surface area contributed by atoms with Crippen molar-refractivity contribution in [3.8, 4) is 0 Å². The summed E-state index contributed by atoms with van der Waals surface area (Å²) < 4.78 is 10.5. The molecule has 0 atom stereocenters. The van der Waals surface area contributed by atoms with Gasteiger partial charge in [-0.25, -0.2) is 0 Å². The van der Waals surface area contributed by atoms with Gasteiger partial charge in [0.25, 0.3) is 0 Å². The second kappa shape index (κ2) is 33.1. The van der Waals surface area contributed by atoms with E-state index in [0.717, 1.165) is 31.6 Å². The van der Waals surface area contributed by atoms with Crippen LogP contribution in [0.3, 0.4) is 0 Å². The molecule has 0 amide bonds. The standard InChI is InChI=1S/C30H24O7S.C23H12O6S.C6H13NO2.ClH.S8.S3/c1-30(2,3)37-21(32)13-11-16(31)10-8-15-9-12-19-20(14-15)25(34)23-22-24(33)17-6-4-5-7-18(17)26(35)28(22)38-29(23)27(19)36;24-15(25)8-6-10-5-7-13-14(9-10)19(27)17-16-18(26)11-3-1-2-4-12(11)20(28)22(16)30-23(17)21(13)29;1-6(2,3)9-5(8)4-7;;1-3-5-7-8-6-4-2;1-3-2/h4-7,9,12,14H,8,10-11,13H2,1-3H3;1-5,7,9H,6,8H2,(H,24,25);4,7H2,1-3H3;1H;;. The second-order valence-corrected chi connectivity index (χ2v) is 35.2. The molecule has 0 aliphatic carbocycles. The zero-order valence-corrected chi connectivity index (χ0v) is 58.9. The van der Waals surface area contributed by atoms with Crippen molar-refractivity contribution in [2.45, 2.75) is 91.3 Å². The van der Waals surface area contributed by atoms with Crippen LogP contribution in [0.25, 0.3) is 83.4 Å². The van der Waals surface area contributed by atoms with Crippen LogP contribution in [-0.4, -0.2) is 46.5 Å². The van der Waals surface area contributed by atoms with Crippen molar-refractivity contribution in [1.29, 1.82) is 0 Å². The first-order valence-corrected chi connectivity index (χ1v) is 39.5. The SMILES string of the molecule is CC(C)(C)OC(=O)CCC(=O)CCc1ccc2c(=O)c3sc4c(=O)c5ccccc5c(=O)c4c3c(=O)c2c1.CC(C)(C)OC(=O)CN.Cl.O=C(O)CCc1ccc2c(=O)c3sc4c(=O)c5ccccc5c(=O)c4c3c(=O)c2c1.S=S=S.S=S=S=S=S=S=S=S. The van der Waals surface area contributed by atoms with Crippen molar-refractivity contribution < 1.29 is 33.8 Å². The van der Waals surface area contributed by atoms with E-state index < -0.39 is 55.7 Å². The molecular formula is C59H50ClNO15S13. The highest BCUT2D eigenvalue weighted by molar-refractivity contribution is 8.70. The van der Waals surface area contributed by atoms with Gasteiger partial charge in [0, 0.05) is 169 Å². The second-order valence-electron chi connectivity index (χ2n) is 20.8. The number of esters is 2. The normalized spacial score (nSPS) is 11.0. The lowest BCUT2D eigenvalue weighted by atomic mass is 9.98. The van der Waals surface area contributed by atoms with Gasteiger partial charge in [0.2, 0.25) is 21.7 Å². The number of aryl methyl sites for hydroxylation is 2. The Hall–Kier alpha value is -5.61. The highest BCUT2D eigenvalue weighted by Crippen LogP contribution is 2.31. The lowest BCUT2D eigenvalue weighted by molar-refractivity contribution is -0.156. The van der Waals surface area contributed by atoms with E-state index in [1.165, 1.54) is 36.0 Å². The molecule has 89 heavy (non-hydrogen) atoms. The maximum absolute atomic E-state index is 13.6. The van der Waals surface area contributed by atoms with Gasteiger partial charge in [-0.3, -0.25) is 57.5 Å². The quantitative estimate of drug-likeness (QED) is 0.124. The van der Waals surface area contributed by atoms with E-state index in [-0.39, 0.29) is 157 Å². The monoisotopic (exact) mass is 1460 g/mol. The van der Waals surface area contributed by atoms with Crippen molar-refractivity contribution in [3.05, 3.63) is 178 Å². The molecule has 0 unspecified atom stereocenters. The number of nitrogens with two attached hydrogens (primary N) is 1. The summed E-state index contributed by atoms with van der Waals surface area (Å²) in [7, 11) is 10.0. The van der Waals surface area contributed by atoms with Crippen molar-refractivity contribution in [2.75, 3.05) is 6.54 Å². The van der Waals surface area contributed by atoms with Gasteiger partial charge in [0.1, 0.15) is 17.0 Å². The van der Waals surface area contributed by atoms with Crippen LogP contribution in [0.2, 0.25) is 0 Å². The summed E-state index contributed by atoms with van der Waals surface area (Å²) in [5.74, 6) is -1.88. The summed E-state index contributed by atoms with van der Waals surface area (Å²) in [6.07, 6.45) is 0.635. The fraction of sp³-hybridized carbons (Fsp3) is 0.254. The molecule has 3 N–H and O–H groups in total. The zero-order valence-electron chi connectivity index (χ0n) is 47.5. The highest BCUT2D eigenvalue weighted by Gasteiger charge is 2.25. The van der Waals surface area contributed by atoms with E-state index in [2.05, 4.69) is 44.8 Å². The van der Waals surface area contributed by atoms with Gasteiger partial charge >= 0.3 is 17.9 Å². The van der Waals surface area contributed by atoms with Crippen LogP contribution in [0.4, 0.5) is 0 Å². The summed E-state index contributed by atoms with van der Waals surface area (Å²) in [6, 6.07) is 22.3. The van der Waals surface area contributed by atoms with E-state index >= 15 is 0 Å². The molecule has 10 aromatic rings. The first-order valence-electron chi connectivity index (χ1n) is 25.8. The number of benzene rings is 8. The van der Waals surface area contributed by atoms with E-state index in [4.69, 9.17) is 20.3 Å². The number of ether oxygens (including phenoxy) is 2. The number of carbonyl (C=O) groups is 4. The van der Waals surface area contributed by atoms with Crippen LogP contribution in [-0.2, 0) is 148 Å². The largest absolute Gasteiger partial charge is 0.481 e. The van der Waals surface area contributed by atoms with Gasteiger partial charge in [-0.2, -0.15) is 0 Å². The average molecular weight is 1470 g/mol. The first-order chi connectivity index (χ1) is 41.6. The van der Waals surface area contributed by atoms with Crippen molar-refractivity contribution in [1.82, 2.24) is 0 Å². The number of carboxylic acids is 1. The smallest absolute Gasteiger partial charge is 0.320 e. The van der Waals surface area contributed by atoms with Gasteiger partial charge < -0.3 is 20.3 Å². The number of hydrogen-bond donors (Lipinski definition) is 2. The third-order valence-electron chi connectivity index (χ3n) is 12.6. The van der Waals surface area contributed by atoms with Crippen LogP contribution in [0.5, 0.6) is 0 Å². The number of ketones is 1. The summed E-state index contributed by atoms with van der Waals surface area (Å²) >= 11 is 19.2. The van der Waals surface area contributed by atoms with Crippen LogP contribution >= 0.6 is 35.1 Å². The molecule has 0 fully saturated rings. The van der Waals surface area contributed by atoms with Gasteiger partial charge in [0.05, 0.1) is 53.3 Å². The zero-order chi connectivity index (χ0) is 64.9. The Bertz CT molecular complexity index is 5260. The van der Waals surface area contributed by atoms with E-state index in [9.17, 15) is 57.5 Å². The third kappa shape index (κ3) is 18.3. The minimum absolute atomic E-state index is 0. The number of thiophene rings is 2. The minimum atomic E-state index is -0.966. The van der Waals surface area contributed by atoms with Crippen LogP contribution in [0.1, 0.15) is 78.4 Å². The topological polar surface area (TPSA) is 270 Å². The number of halogens is 1. The van der Waals surface area contributed by atoms with Crippen LogP contribution in [0.15, 0.2) is 123 Å². The van der Waals surface area contributed by atoms with Crippen molar-refractivity contribution >= 4 is 249 Å². The average Bonchev–Trinajstić information content (AvgIpc) is 1.61. The Labute approximate surface area is 558 Å². The lowest BCUT2D eigenvalue weighted by Gasteiger charge is -2.19. The number of carbonyl (C=O) groups excluding carboxylic acids is 3. The number of fused-ring (bicyclic) bond motifs is 10. The molecule has 10 rings (SSSR count). The number of carboxylic acid groups (broad SMARTS) is 1. The molecule has 0 saturated heterocycles. The fourth-order valence-corrected chi connectivity index (χ4v) is 22.5. The summed E-state index contributed by atoms with van der Waals surface area (Å²) in [6.45, 7) is 10.7. The predicted octanol–water partition coefficient (Wildman–Crippen LogP) is 7.68. The van der Waals surface area contributed by atoms with Gasteiger partial charge in [0.15, 0.2) is 21.7 Å². The molecule has 2 aromatic heterocycles. The molecule has 466 valence electrons. The Kier molecular flexibility index (Phi) is 27.6. The maximum Gasteiger partial charge on any atom is 0.320 e. The molecule has 0 radical (unpaired) electrons. The molecule has 0 bridgehead atoms. The molecular weight excluding hydrogens is 1410 g/mol. The van der Waals surface area contributed by atoms with Crippen LogP contribution < -0.4 is 49.2 Å². The van der Waals surface area contributed by atoms with E-state index in [1.54, 1.807) is 144 Å². The molecule has 0 saturated carbocycles.